The van der Waals surface area contributed by atoms with Gasteiger partial charge < -0.3 is 4.57 Å². The molecule has 1 aromatic heterocycles. The van der Waals surface area contributed by atoms with Gasteiger partial charge in [-0.2, -0.15) is 0 Å². The fraction of sp³-hybridized carbons (Fsp3) is 0.154. The van der Waals surface area contributed by atoms with Gasteiger partial charge in [-0.25, -0.2) is 4.98 Å². The maximum atomic E-state index is 11.9. The number of ketones is 2. The molecule has 92 valence electrons. The van der Waals surface area contributed by atoms with Crippen molar-refractivity contribution < 1.29 is 9.59 Å². The highest BCUT2D eigenvalue weighted by molar-refractivity contribution is 9.10. The van der Waals surface area contributed by atoms with Crippen molar-refractivity contribution in [3.63, 3.8) is 0 Å². The van der Waals surface area contributed by atoms with Crippen molar-refractivity contribution in [1.29, 1.82) is 0 Å². The molecule has 0 fully saturated rings. The van der Waals surface area contributed by atoms with Gasteiger partial charge in [0.2, 0.25) is 5.78 Å². The van der Waals surface area contributed by atoms with Crippen molar-refractivity contribution in [2.75, 3.05) is 0 Å². The Labute approximate surface area is 113 Å². The van der Waals surface area contributed by atoms with Gasteiger partial charge in [-0.05, 0) is 12.1 Å². The van der Waals surface area contributed by atoms with Crippen LogP contribution in [0.15, 0.2) is 41.1 Å². The smallest absolute Gasteiger partial charge is 0.205 e. The van der Waals surface area contributed by atoms with Gasteiger partial charge >= 0.3 is 0 Å². The highest BCUT2D eigenvalue weighted by Gasteiger charge is 2.16. The molecule has 4 nitrogen and oxygen atoms in total. The zero-order valence-electron chi connectivity index (χ0n) is 9.76. The third-order valence-corrected chi connectivity index (χ3v) is 3.03. The maximum Gasteiger partial charge on any atom is 0.205 e. The molecule has 0 radical (unpaired) electrons. The van der Waals surface area contributed by atoms with Crippen LogP contribution in [-0.2, 0) is 7.05 Å². The largest absolute Gasteiger partial charge is 0.332 e. The highest BCUT2D eigenvalue weighted by atomic mass is 79.9. The third kappa shape index (κ3) is 2.73. The van der Waals surface area contributed by atoms with Crippen molar-refractivity contribution in [1.82, 2.24) is 9.55 Å². The summed E-state index contributed by atoms with van der Waals surface area (Å²) in [5, 5.41) is 0. The number of rotatable bonds is 4. The van der Waals surface area contributed by atoms with Gasteiger partial charge in [0.1, 0.15) is 0 Å². The van der Waals surface area contributed by atoms with E-state index in [1.165, 1.54) is 6.20 Å². The van der Waals surface area contributed by atoms with Gasteiger partial charge in [0.15, 0.2) is 11.6 Å². The SMILES string of the molecule is Cn1ccnc1C(=O)CC(=O)c1cccc(Br)c1. The van der Waals surface area contributed by atoms with Gasteiger partial charge in [-0.15, -0.1) is 0 Å². The number of aromatic nitrogens is 2. The molecule has 5 heteroatoms. The molecular weight excluding hydrogens is 296 g/mol. The number of Topliss-reactive ketones (excluding diaryl/α,β-unsaturated/α-hetero) is 2. The number of carbonyl (C=O) groups is 2. The molecule has 0 spiro atoms. The van der Waals surface area contributed by atoms with E-state index in [9.17, 15) is 9.59 Å². The molecule has 0 aliphatic heterocycles. The molecule has 1 heterocycles. The summed E-state index contributed by atoms with van der Waals surface area (Å²) in [4.78, 5) is 27.7. The molecule has 2 aromatic rings. The van der Waals surface area contributed by atoms with E-state index < -0.39 is 0 Å². The standard InChI is InChI=1S/C13H11BrN2O2/c1-16-6-5-15-13(16)12(18)8-11(17)9-3-2-4-10(14)7-9/h2-7H,8H2,1H3. The van der Waals surface area contributed by atoms with Crippen molar-refractivity contribution in [3.8, 4) is 0 Å². The Balaban J connectivity index is 2.13. The van der Waals surface area contributed by atoms with Crippen LogP contribution >= 0.6 is 15.9 Å². The van der Waals surface area contributed by atoms with E-state index in [2.05, 4.69) is 20.9 Å². The van der Waals surface area contributed by atoms with Crippen LogP contribution in [0.5, 0.6) is 0 Å². The maximum absolute atomic E-state index is 11.9. The Kier molecular flexibility index (Phi) is 3.72. The van der Waals surface area contributed by atoms with Crippen LogP contribution in [0.4, 0.5) is 0 Å². The first-order valence-corrected chi connectivity index (χ1v) is 6.16. The summed E-state index contributed by atoms with van der Waals surface area (Å²) in [5.74, 6) is -0.171. The minimum Gasteiger partial charge on any atom is -0.332 e. The molecule has 0 amide bonds. The summed E-state index contributed by atoms with van der Waals surface area (Å²) < 4.78 is 2.43. The van der Waals surface area contributed by atoms with Crippen LogP contribution in [0.1, 0.15) is 27.4 Å². The van der Waals surface area contributed by atoms with Gasteiger partial charge in [0.25, 0.3) is 0 Å². The van der Waals surface area contributed by atoms with E-state index in [1.807, 2.05) is 6.07 Å². The minimum absolute atomic E-state index is 0.165. The molecule has 0 saturated carbocycles. The Morgan fingerprint density at radius 3 is 2.72 bits per heavy atom. The van der Waals surface area contributed by atoms with Crippen LogP contribution in [0, 0.1) is 0 Å². The predicted molar refractivity (Wildman–Crippen MR) is 70.6 cm³/mol. The number of aryl methyl sites for hydroxylation is 1. The predicted octanol–water partition coefficient (Wildman–Crippen LogP) is 2.64. The lowest BCUT2D eigenvalue weighted by molar-refractivity contribution is 0.0886. The number of benzene rings is 1. The van der Waals surface area contributed by atoms with Crippen molar-refractivity contribution >= 4 is 27.5 Å². The Bertz CT molecular complexity index is 605. The van der Waals surface area contributed by atoms with Crippen molar-refractivity contribution in [2.24, 2.45) is 7.05 Å². The van der Waals surface area contributed by atoms with Crippen LogP contribution in [0.25, 0.3) is 0 Å². The highest BCUT2D eigenvalue weighted by Crippen LogP contribution is 2.14. The molecule has 0 aliphatic rings. The van der Waals surface area contributed by atoms with Gasteiger partial charge in [0, 0.05) is 29.5 Å². The number of imidazole rings is 1. The number of nitrogens with zero attached hydrogens (tertiary/aromatic N) is 2. The number of halogens is 1. The molecule has 0 unspecified atom stereocenters. The molecule has 18 heavy (non-hydrogen) atoms. The van der Waals surface area contributed by atoms with Gasteiger partial charge in [-0.3, -0.25) is 9.59 Å². The minimum atomic E-state index is -0.271. The normalized spacial score (nSPS) is 10.3. The van der Waals surface area contributed by atoms with Crippen LogP contribution < -0.4 is 0 Å². The second-order valence-electron chi connectivity index (χ2n) is 3.90. The van der Waals surface area contributed by atoms with Crippen LogP contribution in [0.2, 0.25) is 0 Å². The van der Waals surface area contributed by atoms with E-state index >= 15 is 0 Å². The first-order chi connectivity index (χ1) is 8.58. The first-order valence-electron chi connectivity index (χ1n) is 5.37. The molecule has 0 atom stereocenters. The van der Waals surface area contributed by atoms with Crippen LogP contribution in [0.3, 0.4) is 0 Å². The van der Waals surface area contributed by atoms with E-state index in [1.54, 1.807) is 36.0 Å². The Morgan fingerprint density at radius 2 is 2.11 bits per heavy atom. The van der Waals surface area contributed by atoms with Crippen molar-refractivity contribution in [3.05, 3.63) is 52.5 Å². The topological polar surface area (TPSA) is 52.0 Å². The zero-order chi connectivity index (χ0) is 13.1. The lowest BCUT2D eigenvalue weighted by atomic mass is 10.1. The number of carbonyl (C=O) groups excluding carboxylic acids is 2. The van der Waals surface area contributed by atoms with Crippen LogP contribution in [-0.4, -0.2) is 21.1 Å². The summed E-state index contributed by atoms with van der Waals surface area (Å²) in [6, 6.07) is 6.99. The van der Waals surface area contributed by atoms with Gasteiger partial charge in [-0.1, -0.05) is 28.1 Å². The molecule has 2 rings (SSSR count). The molecule has 0 bridgehead atoms. The Morgan fingerprint density at radius 1 is 1.33 bits per heavy atom. The molecule has 0 saturated heterocycles. The molecule has 0 aliphatic carbocycles. The lowest BCUT2D eigenvalue weighted by Gasteiger charge is -2.02. The van der Waals surface area contributed by atoms with Crippen molar-refractivity contribution in [2.45, 2.75) is 6.42 Å². The Hall–Kier alpha value is -1.75. The summed E-state index contributed by atoms with van der Waals surface area (Å²) >= 11 is 3.29. The number of hydrogen-bond donors (Lipinski definition) is 0. The summed E-state index contributed by atoms with van der Waals surface area (Å²) in [5.41, 5.74) is 0.520. The molecular formula is C13H11BrN2O2. The molecule has 0 N–H and O–H groups in total. The summed E-state index contributed by atoms with van der Waals surface area (Å²) in [6.45, 7) is 0. The van der Waals surface area contributed by atoms with E-state index in [0.717, 1.165) is 4.47 Å². The average molecular weight is 307 g/mol. The summed E-state index contributed by atoms with van der Waals surface area (Å²) in [6.07, 6.45) is 3.05. The van der Waals surface area contributed by atoms with Gasteiger partial charge in [0.05, 0.1) is 6.42 Å². The quantitative estimate of drug-likeness (QED) is 0.644. The zero-order valence-corrected chi connectivity index (χ0v) is 11.3. The lowest BCUT2D eigenvalue weighted by Crippen LogP contribution is -2.12. The third-order valence-electron chi connectivity index (χ3n) is 2.54. The van der Waals surface area contributed by atoms with E-state index in [4.69, 9.17) is 0 Å². The average Bonchev–Trinajstić information content (AvgIpc) is 2.75. The second-order valence-corrected chi connectivity index (χ2v) is 4.81. The molecule has 1 aromatic carbocycles. The van der Waals surface area contributed by atoms with E-state index in [-0.39, 0.29) is 18.0 Å². The first kappa shape index (κ1) is 12.7. The second kappa shape index (κ2) is 5.27. The summed E-state index contributed by atoms with van der Waals surface area (Å²) in [7, 11) is 1.73. The van der Waals surface area contributed by atoms with E-state index in [0.29, 0.717) is 11.4 Å². The fourth-order valence-corrected chi connectivity index (χ4v) is 2.02. The number of hydrogen-bond acceptors (Lipinski definition) is 3. The monoisotopic (exact) mass is 306 g/mol. The fourth-order valence-electron chi connectivity index (χ4n) is 1.62.